The van der Waals surface area contributed by atoms with E-state index in [1.54, 1.807) is 0 Å². The van der Waals surface area contributed by atoms with Crippen LogP contribution in [0.15, 0.2) is 60.8 Å². The summed E-state index contributed by atoms with van der Waals surface area (Å²) in [6.45, 7) is 4.78. The molecule has 0 aliphatic carbocycles. The van der Waals surface area contributed by atoms with E-state index in [0.29, 0.717) is 25.7 Å². The molecular formula is C79H144O17P2. The van der Waals surface area contributed by atoms with Crippen molar-refractivity contribution in [1.29, 1.82) is 0 Å². The minimum Gasteiger partial charge on any atom is -0.462 e. The molecule has 572 valence electrons. The Morgan fingerprint density at radius 3 is 0.837 bits per heavy atom. The lowest BCUT2D eigenvalue weighted by atomic mass is 10.0. The summed E-state index contributed by atoms with van der Waals surface area (Å²) >= 11 is 0. The number of allylic oxidation sites excluding steroid dienone is 10. The summed E-state index contributed by atoms with van der Waals surface area (Å²) in [4.78, 5) is 72.9. The minimum atomic E-state index is -4.97. The Balaban J connectivity index is 5.31. The van der Waals surface area contributed by atoms with Crippen LogP contribution in [0.4, 0.5) is 0 Å². The Hall–Kier alpha value is -3.24. The summed E-state index contributed by atoms with van der Waals surface area (Å²) in [7, 11) is -9.94. The van der Waals surface area contributed by atoms with Gasteiger partial charge in [0.05, 0.1) is 26.4 Å². The summed E-state index contributed by atoms with van der Waals surface area (Å²) in [5.41, 5.74) is 0. The Labute approximate surface area is 597 Å². The van der Waals surface area contributed by atoms with Crippen molar-refractivity contribution in [2.45, 2.75) is 380 Å². The second kappa shape index (κ2) is 72.1. The Morgan fingerprint density at radius 2 is 0.531 bits per heavy atom. The van der Waals surface area contributed by atoms with E-state index in [0.717, 1.165) is 167 Å². The molecule has 0 fully saturated rings. The molecule has 0 bridgehead atoms. The van der Waals surface area contributed by atoms with Crippen molar-refractivity contribution >= 4 is 39.5 Å². The molecule has 19 heteroatoms. The molecule has 0 aliphatic rings. The van der Waals surface area contributed by atoms with Crippen molar-refractivity contribution in [3.05, 3.63) is 60.8 Å². The molecule has 0 aliphatic heterocycles. The van der Waals surface area contributed by atoms with Crippen LogP contribution in [0.5, 0.6) is 0 Å². The zero-order chi connectivity index (χ0) is 71.8. The number of hydrogen-bond donors (Lipinski definition) is 3. The summed E-state index contributed by atoms with van der Waals surface area (Å²) in [6, 6.07) is 0. The van der Waals surface area contributed by atoms with Gasteiger partial charge in [0.1, 0.15) is 19.3 Å². The highest BCUT2D eigenvalue weighted by atomic mass is 31.2. The van der Waals surface area contributed by atoms with Crippen LogP contribution < -0.4 is 0 Å². The van der Waals surface area contributed by atoms with Crippen LogP contribution in [-0.2, 0) is 65.4 Å². The van der Waals surface area contributed by atoms with E-state index in [1.165, 1.54) is 116 Å². The maximum Gasteiger partial charge on any atom is 0.472 e. The minimum absolute atomic E-state index is 0.0878. The zero-order valence-electron chi connectivity index (χ0n) is 62.5. The van der Waals surface area contributed by atoms with E-state index >= 15 is 0 Å². The van der Waals surface area contributed by atoms with E-state index in [9.17, 15) is 43.2 Å². The third-order valence-corrected chi connectivity index (χ3v) is 18.9. The Bertz CT molecular complexity index is 2100. The fourth-order valence-corrected chi connectivity index (χ4v) is 12.5. The van der Waals surface area contributed by atoms with Crippen LogP contribution in [0.2, 0.25) is 0 Å². The summed E-state index contributed by atoms with van der Waals surface area (Å²) in [5.74, 6) is -2.17. The average Bonchev–Trinajstić information content (AvgIpc) is 0.969. The second-order valence-corrected chi connectivity index (χ2v) is 29.5. The molecular weight excluding hydrogens is 1280 g/mol. The quantitative estimate of drug-likeness (QED) is 0.0169. The van der Waals surface area contributed by atoms with Crippen LogP contribution in [0.1, 0.15) is 362 Å². The second-order valence-electron chi connectivity index (χ2n) is 26.6. The van der Waals surface area contributed by atoms with Crippen LogP contribution in [0, 0.1) is 0 Å². The van der Waals surface area contributed by atoms with Crippen LogP contribution in [0.3, 0.4) is 0 Å². The maximum atomic E-state index is 13.1. The number of esters is 4. The molecule has 0 aromatic heterocycles. The number of unbranched alkanes of at least 4 members (excludes halogenated alkanes) is 39. The van der Waals surface area contributed by atoms with Crippen molar-refractivity contribution in [1.82, 2.24) is 0 Å². The average molecular weight is 1430 g/mol. The highest BCUT2D eigenvalue weighted by Crippen LogP contribution is 2.45. The van der Waals surface area contributed by atoms with Gasteiger partial charge in [-0.15, -0.1) is 0 Å². The topological polar surface area (TPSA) is 237 Å². The number of hydrogen-bond acceptors (Lipinski definition) is 15. The SMILES string of the molecule is CC/C=C\C/C=C\C/C=C\CCCCCCCCCC(=O)OCC(COP(=O)(O)OCC(O)COP(=O)(O)OCC(COC(=O)CCCCCCC/C=C\CCCCCCCC)OC(=O)CCCCCCC/C=C\CCCCCC)OC(=O)CCCCCCCCCCCCCCC. The fraction of sp³-hybridized carbons (Fsp3) is 0.823. The van der Waals surface area contributed by atoms with Crippen molar-refractivity contribution in [3.8, 4) is 0 Å². The zero-order valence-corrected chi connectivity index (χ0v) is 64.3. The van der Waals surface area contributed by atoms with Gasteiger partial charge in [-0.3, -0.25) is 37.3 Å². The molecule has 98 heavy (non-hydrogen) atoms. The number of carbonyl (C=O) groups excluding carboxylic acids is 4. The third-order valence-electron chi connectivity index (χ3n) is 17.0. The van der Waals surface area contributed by atoms with Gasteiger partial charge in [-0.1, -0.05) is 288 Å². The van der Waals surface area contributed by atoms with Gasteiger partial charge in [0.2, 0.25) is 0 Å². The third kappa shape index (κ3) is 71.2. The number of phosphoric ester groups is 2. The number of phosphoric acid groups is 2. The molecule has 0 amide bonds. The first-order valence-corrected chi connectivity index (χ1v) is 42.5. The first-order valence-electron chi connectivity index (χ1n) is 39.5. The van der Waals surface area contributed by atoms with Gasteiger partial charge >= 0.3 is 39.5 Å². The number of aliphatic hydroxyl groups excluding tert-OH is 1. The van der Waals surface area contributed by atoms with E-state index < -0.39 is 97.5 Å². The first-order chi connectivity index (χ1) is 47.7. The molecule has 0 aromatic carbocycles. The van der Waals surface area contributed by atoms with Crippen LogP contribution in [0.25, 0.3) is 0 Å². The van der Waals surface area contributed by atoms with Crippen molar-refractivity contribution in [3.63, 3.8) is 0 Å². The Kier molecular flexibility index (Phi) is 69.7. The number of rotatable bonds is 75. The van der Waals surface area contributed by atoms with Gasteiger partial charge < -0.3 is 33.8 Å². The molecule has 0 aromatic rings. The Morgan fingerprint density at radius 1 is 0.296 bits per heavy atom. The number of ether oxygens (including phenoxy) is 4. The molecule has 5 atom stereocenters. The van der Waals surface area contributed by atoms with Crippen molar-refractivity contribution < 1.29 is 80.2 Å². The molecule has 0 heterocycles. The van der Waals surface area contributed by atoms with Gasteiger partial charge in [0.25, 0.3) is 0 Å². The molecule has 5 unspecified atom stereocenters. The number of carbonyl (C=O) groups is 4. The normalized spacial score (nSPS) is 14.2. The lowest BCUT2D eigenvalue weighted by Gasteiger charge is -2.21. The predicted octanol–water partition coefficient (Wildman–Crippen LogP) is 22.7. The first kappa shape index (κ1) is 94.8. The summed E-state index contributed by atoms with van der Waals surface area (Å²) < 4.78 is 68.5. The molecule has 3 N–H and O–H groups in total. The van der Waals surface area contributed by atoms with Crippen molar-refractivity contribution in [2.75, 3.05) is 39.6 Å². The highest BCUT2D eigenvalue weighted by molar-refractivity contribution is 7.47. The standard InChI is InChI=1S/C79H144O17P2/c1-5-9-13-17-21-25-29-33-35-36-38-42-44-48-52-56-60-64-77(82)90-70-75(96-79(84)66-62-58-54-50-46-40-32-28-24-20-16-12-8-4)72-94-98(87,88)92-68-73(80)67-91-97(85,86)93-71-74(95-78(83)65-61-57-53-49-45-39-31-27-23-19-15-11-7-3)69-89-76(81)63-59-55-51-47-43-41-37-34-30-26-22-18-14-10-6-2/h9,13,21,25,27,31,33-35,37,73-75,80H,5-8,10-12,14-20,22-24,26,28-30,32,36,38-72H2,1-4H3,(H,85,86)(H,87,88)/b13-9-,25-21-,31-27-,35-33-,37-34-. The lowest BCUT2D eigenvalue weighted by Crippen LogP contribution is -2.30. The van der Waals surface area contributed by atoms with Gasteiger partial charge in [-0.05, 0) is 109 Å². The molecule has 17 nitrogen and oxygen atoms in total. The van der Waals surface area contributed by atoms with Gasteiger partial charge in [0.15, 0.2) is 12.2 Å². The molecule has 0 radical (unpaired) electrons. The lowest BCUT2D eigenvalue weighted by molar-refractivity contribution is -0.161. The predicted molar refractivity (Wildman–Crippen MR) is 400 cm³/mol. The van der Waals surface area contributed by atoms with E-state index in [2.05, 4.69) is 88.5 Å². The summed E-state index contributed by atoms with van der Waals surface area (Å²) in [6.07, 6.45) is 70.5. The fourth-order valence-electron chi connectivity index (χ4n) is 10.9. The number of aliphatic hydroxyl groups is 1. The van der Waals surface area contributed by atoms with E-state index in [-0.39, 0.29) is 25.7 Å². The van der Waals surface area contributed by atoms with Crippen LogP contribution in [-0.4, -0.2) is 96.7 Å². The molecule has 0 spiro atoms. The van der Waals surface area contributed by atoms with Gasteiger partial charge in [-0.25, -0.2) is 9.13 Å². The monoisotopic (exact) mass is 1430 g/mol. The van der Waals surface area contributed by atoms with Gasteiger partial charge in [-0.2, -0.15) is 0 Å². The van der Waals surface area contributed by atoms with Gasteiger partial charge in [0, 0.05) is 25.7 Å². The summed E-state index contributed by atoms with van der Waals surface area (Å²) in [5, 5.41) is 10.6. The van der Waals surface area contributed by atoms with Crippen LogP contribution >= 0.6 is 15.6 Å². The molecule has 0 saturated carbocycles. The maximum absolute atomic E-state index is 13.1. The highest BCUT2D eigenvalue weighted by Gasteiger charge is 2.30. The smallest absolute Gasteiger partial charge is 0.462 e. The molecule has 0 saturated heterocycles. The molecule has 0 rings (SSSR count). The largest absolute Gasteiger partial charge is 0.472 e. The van der Waals surface area contributed by atoms with E-state index in [1.807, 2.05) is 0 Å². The van der Waals surface area contributed by atoms with Crippen molar-refractivity contribution in [2.24, 2.45) is 0 Å². The van der Waals surface area contributed by atoms with E-state index in [4.69, 9.17) is 37.0 Å².